The molecule has 7 nitrogen and oxygen atoms in total. The van der Waals surface area contributed by atoms with Crippen LogP contribution in [0.3, 0.4) is 0 Å². The molecule has 2 aromatic rings. The Morgan fingerprint density at radius 3 is 2.43 bits per heavy atom. The van der Waals surface area contributed by atoms with Crippen molar-refractivity contribution in [3.8, 4) is 0 Å². The first-order chi connectivity index (χ1) is 19.6. The molecule has 0 saturated heterocycles. The molecule has 7 rings (SSSR count). The maximum atomic E-state index is 14.3. The van der Waals surface area contributed by atoms with Crippen molar-refractivity contribution < 1.29 is 4.79 Å². The fourth-order valence-corrected chi connectivity index (χ4v) is 11.8. The van der Waals surface area contributed by atoms with E-state index in [2.05, 4.69) is 82.1 Å². The normalized spacial score (nSPS) is 41.3. The van der Waals surface area contributed by atoms with Crippen molar-refractivity contribution in [1.82, 2.24) is 20.4 Å². The molecule has 7 atom stereocenters. The van der Waals surface area contributed by atoms with Gasteiger partial charge >= 0.3 is 0 Å². The molecule has 0 aliphatic heterocycles. The molecule has 5 aliphatic rings. The van der Waals surface area contributed by atoms with Gasteiger partial charge in [0.05, 0.1) is 11.1 Å². The van der Waals surface area contributed by atoms with Crippen LogP contribution in [0.1, 0.15) is 117 Å². The van der Waals surface area contributed by atoms with Gasteiger partial charge in [-0.3, -0.25) is 15.0 Å². The smallest absolute Gasteiger partial charge is 0.232 e. The SMILES string of the molecule is Cc1[nH]nc2c1C[C@@]1(C)C(CC[C@]3(C)C1CC=C1C4CC(C)(C)CC[C@]4(C(=O)Nc4cc(N)n[nH]4)CC[C@]13C)C2(C)C. The summed E-state index contributed by atoms with van der Waals surface area (Å²) in [5, 5.41) is 18.4. The molecule has 3 unspecified atom stereocenters. The Bertz CT molecular complexity index is 1480. The van der Waals surface area contributed by atoms with E-state index in [-0.39, 0.29) is 44.3 Å². The van der Waals surface area contributed by atoms with Crippen molar-refractivity contribution in [3.63, 3.8) is 0 Å². The van der Waals surface area contributed by atoms with E-state index in [0.717, 1.165) is 44.9 Å². The minimum atomic E-state index is -0.388. The summed E-state index contributed by atoms with van der Waals surface area (Å²) < 4.78 is 0. The highest BCUT2D eigenvalue weighted by atomic mass is 16.2. The molecule has 3 saturated carbocycles. The molecule has 0 spiro atoms. The number of aromatic amines is 2. The van der Waals surface area contributed by atoms with Gasteiger partial charge in [0.15, 0.2) is 0 Å². The van der Waals surface area contributed by atoms with Gasteiger partial charge in [-0.05, 0) is 110 Å². The lowest BCUT2D eigenvalue weighted by Crippen LogP contribution is -2.65. The van der Waals surface area contributed by atoms with Gasteiger partial charge in [0.1, 0.15) is 11.6 Å². The highest BCUT2D eigenvalue weighted by Crippen LogP contribution is 2.75. The van der Waals surface area contributed by atoms with Gasteiger partial charge in [-0.1, -0.05) is 60.1 Å². The largest absolute Gasteiger partial charge is 0.382 e. The molecule has 2 heterocycles. The number of carbonyl (C=O) groups excluding carboxylic acids is 1. The zero-order chi connectivity index (χ0) is 30.1. The van der Waals surface area contributed by atoms with Crippen LogP contribution in [0.15, 0.2) is 17.7 Å². The minimum Gasteiger partial charge on any atom is -0.382 e. The monoisotopic (exact) mass is 572 g/mol. The highest BCUT2D eigenvalue weighted by Gasteiger charge is 2.69. The summed E-state index contributed by atoms with van der Waals surface area (Å²) in [5.74, 6) is 2.63. The molecule has 5 N–H and O–H groups in total. The summed E-state index contributed by atoms with van der Waals surface area (Å²) in [6, 6.07) is 1.73. The molecule has 0 bridgehead atoms. The van der Waals surface area contributed by atoms with Gasteiger partial charge in [0, 0.05) is 17.2 Å². The number of nitrogens with zero attached hydrogens (tertiary/aromatic N) is 2. The number of hydrogen-bond donors (Lipinski definition) is 4. The molecule has 0 aromatic carbocycles. The number of aromatic nitrogens is 4. The lowest BCUT2D eigenvalue weighted by molar-refractivity contribution is -0.165. The predicted octanol–water partition coefficient (Wildman–Crippen LogP) is 7.48. The maximum Gasteiger partial charge on any atom is 0.232 e. The second-order valence-electron chi connectivity index (χ2n) is 17.1. The topological polar surface area (TPSA) is 112 Å². The van der Waals surface area contributed by atoms with Crippen LogP contribution >= 0.6 is 0 Å². The van der Waals surface area contributed by atoms with E-state index in [0.29, 0.717) is 23.5 Å². The lowest BCUT2D eigenvalue weighted by atomic mass is 9.33. The number of hydrogen-bond acceptors (Lipinski definition) is 4. The summed E-state index contributed by atoms with van der Waals surface area (Å²) in [7, 11) is 0. The number of anilines is 2. The first kappa shape index (κ1) is 28.2. The molecule has 3 fully saturated rings. The van der Waals surface area contributed by atoms with E-state index >= 15 is 0 Å². The van der Waals surface area contributed by atoms with Gasteiger partial charge in [-0.2, -0.15) is 10.2 Å². The second kappa shape index (κ2) is 8.53. The number of aryl methyl sites for hydroxylation is 1. The van der Waals surface area contributed by atoms with Gasteiger partial charge in [-0.25, -0.2) is 0 Å². The van der Waals surface area contributed by atoms with E-state index in [1.165, 1.54) is 29.8 Å². The van der Waals surface area contributed by atoms with E-state index < -0.39 is 0 Å². The Morgan fingerprint density at radius 2 is 1.71 bits per heavy atom. The number of nitrogens with one attached hydrogen (secondary N) is 3. The number of amides is 1. The van der Waals surface area contributed by atoms with E-state index in [1.807, 2.05) is 0 Å². The molecule has 1 amide bonds. The average molecular weight is 573 g/mol. The van der Waals surface area contributed by atoms with Gasteiger partial charge in [-0.15, -0.1) is 0 Å². The number of allylic oxidation sites excluding steroid dienone is 2. The summed E-state index contributed by atoms with van der Waals surface area (Å²) in [6.07, 6.45) is 12.5. The van der Waals surface area contributed by atoms with Crippen LogP contribution in [-0.4, -0.2) is 26.3 Å². The summed E-state index contributed by atoms with van der Waals surface area (Å²) in [5.41, 5.74) is 11.9. The van der Waals surface area contributed by atoms with Crippen molar-refractivity contribution in [1.29, 1.82) is 0 Å². The van der Waals surface area contributed by atoms with Crippen LogP contribution in [-0.2, 0) is 16.6 Å². The van der Waals surface area contributed by atoms with Gasteiger partial charge in [0.25, 0.3) is 0 Å². The van der Waals surface area contributed by atoms with Crippen LogP contribution in [0.2, 0.25) is 0 Å². The molecule has 2 aromatic heterocycles. The first-order valence-electron chi connectivity index (χ1n) is 16.4. The second-order valence-corrected chi connectivity index (χ2v) is 17.1. The Labute approximate surface area is 251 Å². The molecule has 228 valence electrons. The van der Waals surface area contributed by atoms with E-state index in [1.54, 1.807) is 11.6 Å². The molecule has 42 heavy (non-hydrogen) atoms. The first-order valence-corrected chi connectivity index (χ1v) is 16.4. The highest BCUT2D eigenvalue weighted by molar-refractivity contribution is 5.95. The van der Waals surface area contributed by atoms with E-state index in [4.69, 9.17) is 10.8 Å². The molecular formula is C35H52N6O. The molecule has 5 aliphatic carbocycles. The van der Waals surface area contributed by atoms with Gasteiger partial charge in [0.2, 0.25) is 5.91 Å². The van der Waals surface area contributed by atoms with Crippen LogP contribution < -0.4 is 11.1 Å². The Balaban J connectivity index is 1.30. The lowest BCUT2D eigenvalue weighted by Gasteiger charge is -2.70. The number of carbonyl (C=O) groups is 1. The van der Waals surface area contributed by atoms with Crippen LogP contribution in [0.25, 0.3) is 0 Å². The summed E-state index contributed by atoms with van der Waals surface area (Å²) in [4.78, 5) is 14.3. The summed E-state index contributed by atoms with van der Waals surface area (Å²) in [6.45, 7) is 19.8. The van der Waals surface area contributed by atoms with Crippen molar-refractivity contribution in [2.45, 2.75) is 119 Å². The number of nitrogen functional groups attached to an aromatic ring is 1. The number of rotatable bonds is 2. The zero-order valence-electron chi connectivity index (χ0n) is 27.1. The van der Waals surface area contributed by atoms with Gasteiger partial charge < -0.3 is 11.1 Å². The van der Waals surface area contributed by atoms with Crippen LogP contribution in [0.4, 0.5) is 11.6 Å². The predicted molar refractivity (Wildman–Crippen MR) is 168 cm³/mol. The third-order valence-electron chi connectivity index (χ3n) is 14.3. The van der Waals surface area contributed by atoms with Crippen molar-refractivity contribution in [3.05, 3.63) is 34.7 Å². The van der Waals surface area contributed by atoms with Crippen LogP contribution in [0.5, 0.6) is 0 Å². The molecule has 7 heteroatoms. The third-order valence-corrected chi connectivity index (χ3v) is 14.3. The number of nitrogens with two attached hydrogens (primary N) is 1. The quantitative estimate of drug-likeness (QED) is 0.280. The maximum absolute atomic E-state index is 14.3. The Kier molecular flexibility index (Phi) is 5.73. The van der Waals surface area contributed by atoms with Crippen molar-refractivity contribution in [2.75, 3.05) is 11.1 Å². The van der Waals surface area contributed by atoms with Crippen molar-refractivity contribution in [2.24, 2.45) is 44.8 Å². The third kappa shape index (κ3) is 3.48. The molecule has 0 radical (unpaired) electrons. The fraction of sp³-hybridized carbons (Fsp3) is 0.743. The Hall–Kier alpha value is -2.57. The minimum absolute atomic E-state index is 0.0581. The fourth-order valence-electron chi connectivity index (χ4n) is 11.8. The van der Waals surface area contributed by atoms with Crippen LogP contribution in [0, 0.1) is 51.8 Å². The number of fused-ring (bicyclic) bond motifs is 8. The van der Waals surface area contributed by atoms with E-state index in [9.17, 15) is 4.79 Å². The zero-order valence-corrected chi connectivity index (χ0v) is 27.1. The van der Waals surface area contributed by atoms with Crippen molar-refractivity contribution >= 4 is 17.5 Å². The summed E-state index contributed by atoms with van der Waals surface area (Å²) >= 11 is 0. The average Bonchev–Trinajstić information content (AvgIpc) is 3.48. The molecular weight excluding hydrogens is 520 g/mol. The standard InChI is InChI=1S/C35H52N6O/c1-20-21-18-32(6)24(31(4,5)28(21)41-38-20)11-12-34(8)25(32)10-9-22-23-19-30(2,3)13-15-35(23,16-14-33(22,34)7)29(42)37-27-17-26(36)39-40-27/h9,17,23-25H,10-16,18-19H2,1-8H3,(H,38,41)(H4,36,37,39,40,42)/t23?,24?,25?,32-,33+,34+,35-/m0/s1. The number of H-pyrrole nitrogens is 2. The Morgan fingerprint density at radius 1 is 0.976 bits per heavy atom.